The Morgan fingerprint density at radius 2 is 2.12 bits per heavy atom. The van der Waals surface area contributed by atoms with Crippen LogP contribution in [0.1, 0.15) is 16.5 Å². The van der Waals surface area contributed by atoms with Gasteiger partial charge in [0.05, 0.1) is 6.04 Å². The Hall–Kier alpha value is -0.840. The van der Waals surface area contributed by atoms with E-state index in [4.69, 9.17) is 5.73 Å². The van der Waals surface area contributed by atoms with Crippen molar-refractivity contribution < 1.29 is 0 Å². The van der Waals surface area contributed by atoms with Gasteiger partial charge in [0.15, 0.2) is 0 Å². The monoisotopic (exact) mass is 310 g/mol. The highest BCUT2D eigenvalue weighted by molar-refractivity contribution is 9.10. The van der Waals surface area contributed by atoms with Gasteiger partial charge in [-0.15, -0.1) is 11.3 Å². The summed E-state index contributed by atoms with van der Waals surface area (Å²) in [5.41, 5.74) is 8.24. The summed E-state index contributed by atoms with van der Waals surface area (Å²) in [6.45, 7) is 2.71. The molecule has 0 bridgehead atoms. The van der Waals surface area contributed by atoms with Crippen LogP contribution in [0, 0.1) is 6.92 Å². The molecule has 0 aliphatic rings. The largest absolute Gasteiger partial charge is 0.375 e. The third kappa shape index (κ3) is 2.89. The van der Waals surface area contributed by atoms with Crippen LogP contribution in [-0.2, 0) is 0 Å². The number of halogens is 1. The Labute approximate surface area is 114 Å². The van der Waals surface area contributed by atoms with Crippen molar-refractivity contribution in [2.24, 2.45) is 5.73 Å². The van der Waals surface area contributed by atoms with Gasteiger partial charge in [-0.05, 0) is 52.0 Å². The van der Waals surface area contributed by atoms with Crippen molar-refractivity contribution in [1.29, 1.82) is 0 Å². The molecule has 0 fully saturated rings. The minimum absolute atomic E-state index is 0.175. The number of aryl methyl sites for hydroxylation is 1. The molecule has 2 aromatic rings. The molecule has 0 saturated heterocycles. The highest BCUT2D eigenvalue weighted by Crippen LogP contribution is 2.29. The maximum Gasteiger partial charge on any atom is 0.0731 e. The van der Waals surface area contributed by atoms with Crippen LogP contribution in [0.25, 0.3) is 0 Å². The average molecular weight is 311 g/mol. The van der Waals surface area contributed by atoms with E-state index in [1.165, 1.54) is 10.4 Å². The van der Waals surface area contributed by atoms with Gasteiger partial charge in [-0.1, -0.05) is 12.1 Å². The van der Waals surface area contributed by atoms with Gasteiger partial charge in [-0.3, -0.25) is 0 Å². The average Bonchev–Trinajstić information content (AvgIpc) is 2.75. The fourth-order valence-corrected chi connectivity index (χ4v) is 3.13. The summed E-state index contributed by atoms with van der Waals surface area (Å²) in [4.78, 5) is 1.31. The second-order valence-electron chi connectivity index (χ2n) is 3.88. The SMILES string of the molecule is Cc1ccsc1C(CN)Nc1ccccc1Br. The molecule has 3 N–H and O–H groups in total. The van der Waals surface area contributed by atoms with Crippen LogP contribution in [0.15, 0.2) is 40.2 Å². The molecule has 1 aromatic carbocycles. The zero-order valence-electron chi connectivity index (χ0n) is 9.61. The standard InChI is InChI=1S/C13H15BrN2S/c1-9-6-7-17-13(9)12(8-15)16-11-5-3-2-4-10(11)14/h2-7,12,16H,8,15H2,1H3. The molecule has 0 spiro atoms. The first-order chi connectivity index (χ1) is 8.22. The van der Waals surface area contributed by atoms with Crippen LogP contribution in [0.4, 0.5) is 5.69 Å². The number of nitrogens with one attached hydrogen (secondary N) is 1. The van der Waals surface area contributed by atoms with Gasteiger partial charge in [0.1, 0.15) is 0 Å². The molecule has 0 amide bonds. The van der Waals surface area contributed by atoms with Crippen LogP contribution in [0.2, 0.25) is 0 Å². The third-order valence-corrected chi connectivity index (χ3v) is 4.48. The highest BCUT2D eigenvalue weighted by Gasteiger charge is 2.14. The lowest BCUT2D eigenvalue weighted by atomic mass is 10.1. The molecule has 1 atom stereocenters. The summed E-state index contributed by atoms with van der Waals surface area (Å²) in [6.07, 6.45) is 0. The zero-order chi connectivity index (χ0) is 12.3. The summed E-state index contributed by atoms with van der Waals surface area (Å²) >= 11 is 5.29. The fraction of sp³-hybridized carbons (Fsp3) is 0.231. The lowest BCUT2D eigenvalue weighted by Gasteiger charge is -2.18. The van der Waals surface area contributed by atoms with Gasteiger partial charge in [-0.25, -0.2) is 0 Å². The van der Waals surface area contributed by atoms with E-state index < -0.39 is 0 Å². The van der Waals surface area contributed by atoms with Crippen LogP contribution in [0.5, 0.6) is 0 Å². The number of thiophene rings is 1. The van der Waals surface area contributed by atoms with Crippen LogP contribution in [0.3, 0.4) is 0 Å². The van der Waals surface area contributed by atoms with Crippen LogP contribution >= 0.6 is 27.3 Å². The fourth-order valence-electron chi connectivity index (χ4n) is 1.74. The predicted octanol–water partition coefficient (Wildman–Crippen LogP) is 3.93. The lowest BCUT2D eigenvalue weighted by molar-refractivity contribution is 0.800. The van der Waals surface area contributed by atoms with Crippen molar-refractivity contribution in [3.63, 3.8) is 0 Å². The van der Waals surface area contributed by atoms with E-state index >= 15 is 0 Å². The van der Waals surface area contributed by atoms with Gasteiger partial charge in [0, 0.05) is 21.6 Å². The molecule has 1 heterocycles. The number of hydrogen-bond donors (Lipinski definition) is 2. The van der Waals surface area contributed by atoms with Crippen LogP contribution < -0.4 is 11.1 Å². The van der Waals surface area contributed by atoms with Gasteiger partial charge in [0.25, 0.3) is 0 Å². The molecule has 90 valence electrons. The Kier molecular flexibility index (Phi) is 4.20. The van der Waals surface area contributed by atoms with Gasteiger partial charge >= 0.3 is 0 Å². The summed E-state index contributed by atoms with van der Waals surface area (Å²) in [5, 5.41) is 5.58. The van der Waals surface area contributed by atoms with E-state index in [1.54, 1.807) is 11.3 Å². The van der Waals surface area contributed by atoms with E-state index in [-0.39, 0.29) is 6.04 Å². The molecule has 2 rings (SSSR count). The highest BCUT2D eigenvalue weighted by atomic mass is 79.9. The second kappa shape index (κ2) is 5.67. The van der Waals surface area contributed by atoms with Crippen molar-refractivity contribution >= 4 is 33.0 Å². The molecular weight excluding hydrogens is 296 g/mol. The number of benzene rings is 1. The van der Waals surface area contributed by atoms with Crippen LogP contribution in [-0.4, -0.2) is 6.54 Å². The molecule has 0 saturated carbocycles. The van der Waals surface area contributed by atoms with E-state index in [0.29, 0.717) is 6.54 Å². The number of rotatable bonds is 4. The Morgan fingerprint density at radius 1 is 1.35 bits per heavy atom. The minimum atomic E-state index is 0.175. The third-order valence-electron chi connectivity index (χ3n) is 2.66. The minimum Gasteiger partial charge on any atom is -0.375 e. The number of anilines is 1. The molecule has 2 nitrogen and oxygen atoms in total. The zero-order valence-corrected chi connectivity index (χ0v) is 12.0. The van der Waals surface area contributed by atoms with Crippen molar-refractivity contribution in [2.75, 3.05) is 11.9 Å². The molecule has 0 radical (unpaired) electrons. The number of nitrogens with two attached hydrogens (primary N) is 1. The quantitative estimate of drug-likeness (QED) is 0.898. The van der Waals surface area contributed by atoms with E-state index in [9.17, 15) is 0 Å². The number of hydrogen-bond acceptors (Lipinski definition) is 3. The van der Waals surface area contributed by atoms with Gasteiger partial charge < -0.3 is 11.1 Å². The summed E-state index contributed by atoms with van der Waals surface area (Å²) in [6, 6.07) is 10.4. The first-order valence-corrected chi connectivity index (χ1v) is 7.14. The maximum atomic E-state index is 5.86. The van der Waals surface area contributed by atoms with Crippen molar-refractivity contribution in [1.82, 2.24) is 0 Å². The van der Waals surface area contributed by atoms with Crippen molar-refractivity contribution in [2.45, 2.75) is 13.0 Å². The predicted molar refractivity (Wildman–Crippen MR) is 78.6 cm³/mol. The molecule has 4 heteroatoms. The molecule has 17 heavy (non-hydrogen) atoms. The lowest BCUT2D eigenvalue weighted by Crippen LogP contribution is -2.20. The van der Waals surface area contributed by atoms with Crippen molar-refractivity contribution in [3.05, 3.63) is 50.6 Å². The summed E-state index contributed by atoms with van der Waals surface area (Å²) < 4.78 is 1.06. The Bertz CT molecular complexity index is 496. The number of para-hydroxylation sites is 1. The smallest absolute Gasteiger partial charge is 0.0731 e. The maximum absolute atomic E-state index is 5.86. The van der Waals surface area contributed by atoms with Gasteiger partial charge in [-0.2, -0.15) is 0 Å². The Balaban J connectivity index is 2.22. The normalized spacial score (nSPS) is 12.4. The Morgan fingerprint density at radius 3 is 2.71 bits per heavy atom. The van der Waals surface area contributed by atoms with E-state index in [0.717, 1.165) is 10.2 Å². The molecule has 1 unspecified atom stereocenters. The van der Waals surface area contributed by atoms with Crippen molar-refractivity contribution in [3.8, 4) is 0 Å². The second-order valence-corrected chi connectivity index (χ2v) is 5.68. The van der Waals surface area contributed by atoms with E-state index in [2.05, 4.69) is 45.7 Å². The van der Waals surface area contributed by atoms with E-state index in [1.807, 2.05) is 18.2 Å². The molecule has 0 aliphatic carbocycles. The topological polar surface area (TPSA) is 38.0 Å². The summed E-state index contributed by atoms with van der Waals surface area (Å²) in [5.74, 6) is 0. The van der Waals surface area contributed by atoms with Gasteiger partial charge in [0.2, 0.25) is 0 Å². The first kappa shape index (κ1) is 12.6. The molecular formula is C13H15BrN2S. The molecule has 1 aromatic heterocycles. The first-order valence-electron chi connectivity index (χ1n) is 5.47. The molecule has 0 aliphatic heterocycles. The summed E-state index contributed by atoms with van der Waals surface area (Å²) in [7, 11) is 0.